The molecule has 0 fully saturated rings. The predicted molar refractivity (Wildman–Crippen MR) is 53.7 cm³/mol. The molecule has 1 rings (SSSR count). The highest BCUT2D eigenvalue weighted by atomic mass is 79.9. The fraction of sp³-hybridized carbons (Fsp3) is 0.125. The molecule has 0 bridgehead atoms. The van der Waals surface area contributed by atoms with E-state index in [2.05, 4.69) is 20.7 Å². The summed E-state index contributed by atoms with van der Waals surface area (Å²) in [4.78, 5) is 10.2. The number of carbonyl (C=O) groups excluding carboxylic acids is 1. The zero-order valence-electron chi connectivity index (χ0n) is 7.83. The minimum absolute atomic E-state index is 0.372. The first-order chi connectivity index (χ1) is 7.27. The minimum Gasteiger partial charge on any atom is -0.465 e. The van der Waals surface area contributed by atoms with Crippen molar-refractivity contribution in [2.75, 3.05) is 7.11 Å². The van der Waals surface area contributed by atoms with Gasteiger partial charge in [-0.25, -0.2) is 9.18 Å². The van der Waals surface area contributed by atoms with Crippen molar-refractivity contribution in [2.45, 2.75) is 4.90 Å². The van der Waals surface area contributed by atoms with Gasteiger partial charge in [0.25, 0.3) is 0 Å². The van der Waals surface area contributed by atoms with E-state index in [4.69, 9.17) is 0 Å². The number of methoxy groups -OCH3 is 1. The smallest absolute Gasteiger partial charge is 0.339 e. The van der Waals surface area contributed by atoms with Gasteiger partial charge in [-0.3, -0.25) is 0 Å². The summed E-state index contributed by atoms with van der Waals surface area (Å²) in [6, 6.07) is 1.20. The van der Waals surface area contributed by atoms with Crippen LogP contribution in [0.25, 0.3) is 0 Å². The number of hydrogen-bond acceptors (Lipinski definition) is 4. The molecule has 0 heterocycles. The van der Waals surface area contributed by atoms with Gasteiger partial charge < -0.3 is 4.74 Å². The van der Waals surface area contributed by atoms with Gasteiger partial charge in [0, 0.05) is 0 Å². The Hall–Kier alpha value is -1.02. The van der Waals surface area contributed by atoms with Crippen molar-refractivity contribution in [3.63, 3.8) is 0 Å². The summed E-state index contributed by atoms with van der Waals surface area (Å²) in [5.41, 5.74) is -0.404. The maximum absolute atomic E-state index is 13.0. The van der Waals surface area contributed by atoms with Gasteiger partial charge in [-0.15, -0.1) is 3.89 Å². The highest BCUT2D eigenvalue weighted by Gasteiger charge is 2.23. The zero-order chi connectivity index (χ0) is 12.5. The van der Waals surface area contributed by atoms with Crippen molar-refractivity contribution >= 4 is 32.1 Å². The van der Waals surface area contributed by atoms with E-state index >= 15 is 0 Å². The standard InChI is InChI=1S/C8H5BrF2O4S/c1-15-8(12)5-2-4(10)3-6(7(5)9)16(11,13)14/h2-3H,1H3. The van der Waals surface area contributed by atoms with Crippen molar-refractivity contribution in [2.24, 2.45) is 0 Å². The van der Waals surface area contributed by atoms with Crippen LogP contribution < -0.4 is 0 Å². The molecule has 0 saturated heterocycles. The molecule has 88 valence electrons. The Balaban J connectivity index is 3.56. The molecule has 0 aromatic heterocycles. The molecular weight excluding hydrogens is 310 g/mol. The lowest BCUT2D eigenvalue weighted by Gasteiger charge is -2.05. The molecule has 0 radical (unpaired) electrons. The number of benzene rings is 1. The second kappa shape index (κ2) is 4.46. The lowest BCUT2D eigenvalue weighted by molar-refractivity contribution is 0.0598. The number of rotatable bonds is 2. The van der Waals surface area contributed by atoms with E-state index in [-0.39, 0.29) is 4.47 Å². The van der Waals surface area contributed by atoms with Gasteiger partial charge in [0.2, 0.25) is 0 Å². The molecule has 8 heteroatoms. The van der Waals surface area contributed by atoms with E-state index in [1.807, 2.05) is 0 Å². The Morgan fingerprint density at radius 2 is 2.00 bits per heavy atom. The third-order valence-corrected chi connectivity index (χ3v) is 3.64. The van der Waals surface area contributed by atoms with Gasteiger partial charge in [-0.1, -0.05) is 0 Å². The Labute approximate surface area is 98.6 Å². The monoisotopic (exact) mass is 314 g/mol. The fourth-order valence-corrected chi connectivity index (χ4v) is 2.55. The molecule has 0 aliphatic carbocycles. The van der Waals surface area contributed by atoms with Crippen molar-refractivity contribution in [1.29, 1.82) is 0 Å². The second-order valence-corrected chi connectivity index (χ2v) is 4.80. The van der Waals surface area contributed by atoms with Gasteiger partial charge in [0.15, 0.2) is 0 Å². The quantitative estimate of drug-likeness (QED) is 0.619. The lowest BCUT2D eigenvalue weighted by atomic mass is 10.2. The normalized spacial score (nSPS) is 11.2. The summed E-state index contributed by atoms with van der Waals surface area (Å²) in [7, 11) is -4.08. The Morgan fingerprint density at radius 1 is 1.44 bits per heavy atom. The summed E-state index contributed by atoms with van der Waals surface area (Å²) in [6.07, 6.45) is 0. The molecule has 0 spiro atoms. The van der Waals surface area contributed by atoms with E-state index in [0.717, 1.165) is 13.2 Å². The topological polar surface area (TPSA) is 60.4 Å². The lowest BCUT2D eigenvalue weighted by Crippen LogP contribution is -2.06. The van der Waals surface area contributed by atoms with Crippen LogP contribution in [0.2, 0.25) is 0 Å². The summed E-state index contributed by atoms with van der Waals surface area (Å²) in [5, 5.41) is 0. The van der Waals surface area contributed by atoms with Gasteiger partial charge in [-0.2, -0.15) is 8.42 Å². The third kappa shape index (κ3) is 2.56. The Morgan fingerprint density at radius 3 is 2.44 bits per heavy atom. The maximum Gasteiger partial charge on any atom is 0.339 e. The molecule has 1 aromatic carbocycles. The van der Waals surface area contributed by atoms with Gasteiger partial charge in [0.1, 0.15) is 10.7 Å². The molecule has 0 unspecified atom stereocenters. The van der Waals surface area contributed by atoms with Crippen molar-refractivity contribution < 1.29 is 26.2 Å². The van der Waals surface area contributed by atoms with E-state index in [1.165, 1.54) is 0 Å². The molecular formula is C8H5BrF2O4S. The summed E-state index contributed by atoms with van der Waals surface area (Å²) in [6.45, 7) is 0. The molecule has 1 aromatic rings. The number of hydrogen-bond donors (Lipinski definition) is 0. The summed E-state index contributed by atoms with van der Waals surface area (Å²) >= 11 is 2.71. The van der Waals surface area contributed by atoms with Crippen LogP contribution in [0.4, 0.5) is 8.28 Å². The van der Waals surface area contributed by atoms with E-state index < -0.39 is 32.5 Å². The van der Waals surface area contributed by atoms with E-state index in [9.17, 15) is 21.5 Å². The van der Waals surface area contributed by atoms with Crippen LogP contribution in [0.15, 0.2) is 21.5 Å². The summed E-state index contributed by atoms with van der Waals surface area (Å²) < 4.78 is 50.9. The fourth-order valence-electron chi connectivity index (χ4n) is 1.00. The molecule has 0 aliphatic heterocycles. The molecule has 0 amide bonds. The minimum atomic E-state index is -5.11. The summed E-state index contributed by atoms with van der Waals surface area (Å²) in [5.74, 6) is -2.03. The number of esters is 1. The van der Waals surface area contributed by atoms with Crippen LogP contribution in [0.3, 0.4) is 0 Å². The largest absolute Gasteiger partial charge is 0.465 e. The SMILES string of the molecule is COC(=O)c1cc(F)cc(S(=O)(=O)F)c1Br. The van der Waals surface area contributed by atoms with Gasteiger partial charge in [0.05, 0.1) is 17.1 Å². The first kappa shape index (κ1) is 13.0. The number of halogens is 3. The van der Waals surface area contributed by atoms with E-state index in [0.29, 0.717) is 6.07 Å². The average molecular weight is 315 g/mol. The van der Waals surface area contributed by atoms with Crippen LogP contribution in [0, 0.1) is 5.82 Å². The molecule has 4 nitrogen and oxygen atoms in total. The number of ether oxygens (including phenoxy) is 1. The van der Waals surface area contributed by atoms with Gasteiger partial charge >= 0.3 is 16.2 Å². The Bertz CT molecular complexity index is 541. The maximum atomic E-state index is 13.0. The van der Waals surface area contributed by atoms with E-state index in [1.54, 1.807) is 0 Å². The average Bonchev–Trinajstić information content (AvgIpc) is 2.18. The molecule has 0 aliphatic rings. The van der Waals surface area contributed by atoms with Crippen molar-refractivity contribution in [3.05, 3.63) is 28.0 Å². The third-order valence-electron chi connectivity index (χ3n) is 1.67. The van der Waals surface area contributed by atoms with Crippen LogP contribution in [0.5, 0.6) is 0 Å². The van der Waals surface area contributed by atoms with Crippen LogP contribution in [-0.2, 0) is 15.0 Å². The molecule has 16 heavy (non-hydrogen) atoms. The number of carbonyl (C=O) groups is 1. The van der Waals surface area contributed by atoms with Crippen LogP contribution >= 0.6 is 15.9 Å². The van der Waals surface area contributed by atoms with Crippen LogP contribution in [-0.4, -0.2) is 21.5 Å². The van der Waals surface area contributed by atoms with Crippen molar-refractivity contribution in [1.82, 2.24) is 0 Å². The van der Waals surface area contributed by atoms with Crippen molar-refractivity contribution in [3.8, 4) is 0 Å². The molecule has 0 atom stereocenters. The first-order valence-corrected chi connectivity index (χ1v) is 5.97. The van der Waals surface area contributed by atoms with Gasteiger partial charge in [-0.05, 0) is 28.1 Å². The highest BCUT2D eigenvalue weighted by Crippen LogP contribution is 2.29. The predicted octanol–water partition coefficient (Wildman–Crippen LogP) is 2.03. The first-order valence-electron chi connectivity index (χ1n) is 3.79. The molecule has 0 saturated carbocycles. The molecule has 0 N–H and O–H groups in total. The zero-order valence-corrected chi connectivity index (χ0v) is 10.2. The highest BCUT2D eigenvalue weighted by molar-refractivity contribution is 9.10. The second-order valence-electron chi connectivity index (χ2n) is 2.69. The van der Waals surface area contributed by atoms with Crippen LogP contribution in [0.1, 0.15) is 10.4 Å². The Kier molecular flexibility index (Phi) is 3.64.